The summed E-state index contributed by atoms with van der Waals surface area (Å²) in [5, 5.41) is 0.669. The van der Waals surface area contributed by atoms with Crippen molar-refractivity contribution in [2.24, 2.45) is 0 Å². The first-order valence-electron chi connectivity index (χ1n) is 5.58. The van der Waals surface area contributed by atoms with Crippen LogP contribution in [0.3, 0.4) is 0 Å². The minimum atomic E-state index is 0.422. The Morgan fingerprint density at radius 2 is 1.95 bits per heavy atom. The minimum Gasteiger partial charge on any atom is -0.299 e. The summed E-state index contributed by atoms with van der Waals surface area (Å²) in [6.07, 6.45) is 2.64. The van der Waals surface area contributed by atoms with Crippen molar-refractivity contribution < 1.29 is 4.79 Å². The van der Waals surface area contributed by atoms with Gasteiger partial charge in [-0.15, -0.1) is 0 Å². The number of halogens is 2. The van der Waals surface area contributed by atoms with Crippen LogP contribution < -0.4 is 0 Å². The summed E-state index contributed by atoms with van der Waals surface area (Å²) < 4.78 is 2.79. The maximum atomic E-state index is 11.1. The third kappa shape index (κ3) is 2.17. The second kappa shape index (κ2) is 4.79. The van der Waals surface area contributed by atoms with Crippen molar-refractivity contribution in [3.05, 3.63) is 57.8 Å². The molecule has 94 valence electrons. The van der Waals surface area contributed by atoms with Gasteiger partial charge < -0.3 is 0 Å². The maximum absolute atomic E-state index is 11.1. The van der Waals surface area contributed by atoms with Gasteiger partial charge in [0.25, 0.3) is 0 Å². The molecule has 0 fully saturated rings. The predicted octanol–water partition coefficient (Wildman–Crippen LogP) is 4.23. The molecular weight excluding hydrogens is 328 g/mol. The average molecular weight is 336 g/mol. The van der Waals surface area contributed by atoms with E-state index in [4.69, 9.17) is 11.6 Å². The summed E-state index contributed by atoms with van der Waals surface area (Å²) in [6.45, 7) is 0. The Balaban J connectivity index is 2.29. The fourth-order valence-corrected chi connectivity index (χ4v) is 2.43. The van der Waals surface area contributed by atoms with Crippen LogP contribution in [0.15, 0.2) is 47.1 Å². The Hall–Kier alpha value is -1.65. The zero-order valence-corrected chi connectivity index (χ0v) is 12.0. The Labute approximate surface area is 123 Å². The number of nitrogens with zero attached hydrogens (tertiary/aromatic N) is 2. The third-order valence-corrected chi connectivity index (χ3v) is 3.59. The molecule has 0 saturated carbocycles. The van der Waals surface area contributed by atoms with Crippen molar-refractivity contribution in [2.45, 2.75) is 0 Å². The van der Waals surface area contributed by atoms with Gasteiger partial charge in [0.15, 0.2) is 6.29 Å². The summed E-state index contributed by atoms with van der Waals surface area (Å²) in [5.74, 6) is 0.723. The molecule has 0 saturated heterocycles. The van der Waals surface area contributed by atoms with Crippen LogP contribution in [-0.4, -0.2) is 15.7 Å². The largest absolute Gasteiger partial charge is 0.299 e. The number of carbonyl (C=O) groups is 1. The molecule has 3 aromatic rings. The van der Waals surface area contributed by atoms with E-state index in [1.807, 2.05) is 34.9 Å². The SMILES string of the molecule is O=Cc1nc(-c2ccc(Cl)cc2)n2ccc(Br)cc12. The first kappa shape index (κ1) is 12.4. The maximum Gasteiger partial charge on any atom is 0.170 e. The molecule has 0 aliphatic rings. The van der Waals surface area contributed by atoms with E-state index >= 15 is 0 Å². The number of rotatable bonds is 2. The van der Waals surface area contributed by atoms with Crippen LogP contribution >= 0.6 is 27.5 Å². The van der Waals surface area contributed by atoms with Crippen LogP contribution in [0.4, 0.5) is 0 Å². The average Bonchev–Trinajstić information content (AvgIpc) is 2.77. The molecule has 0 radical (unpaired) electrons. The molecule has 0 N–H and O–H groups in total. The molecule has 2 aromatic heterocycles. The topological polar surface area (TPSA) is 34.4 Å². The molecule has 0 amide bonds. The molecule has 19 heavy (non-hydrogen) atoms. The van der Waals surface area contributed by atoms with E-state index in [2.05, 4.69) is 20.9 Å². The highest BCUT2D eigenvalue weighted by Crippen LogP contribution is 2.25. The lowest BCUT2D eigenvalue weighted by Gasteiger charge is -2.01. The molecule has 0 aliphatic heterocycles. The number of hydrogen-bond acceptors (Lipinski definition) is 2. The fourth-order valence-electron chi connectivity index (χ4n) is 1.97. The predicted molar refractivity (Wildman–Crippen MR) is 78.7 cm³/mol. The smallest absolute Gasteiger partial charge is 0.170 e. The Morgan fingerprint density at radius 3 is 2.63 bits per heavy atom. The van der Waals surface area contributed by atoms with Crippen molar-refractivity contribution in [1.29, 1.82) is 0 Å². The molecule has 0 bridgehead atoms. The lowest BCUT2D eigenvalue weighted by Crippen LogP contribution is -1.88. The molecule has 1 aromatic carbocycles. The molecule has 3 rings (SSSR count). The van der Waals surface area contributed by atoms with Crippen LogP contribution in [0, 0.1) is 0 Å². The first-order chi connectivity index (χ1) is 9.19. The summed E-state index contributed by atoms with van der Waals surface area (Å²) in [6, 6.07) is 11.1. The molecule has 5 heteroatoms. The first-order valence-corrected chi connectivity index (χ1v) is 6.75. The van der Waals surface area contributed by atoms with E-state index in [0.29, 0.717) is 10.7 Å². The number of aromatic nitrogens is 2. The van der Waals surface area contributed by atoms with Gasteiger partial charge >= 0.3 is 0 Å². The minimum absolute atomic E-state index is 0.422. The molecule has 3 nitrogen and oxygen atoms in total. The van der Waals surface area contributed by atoms with Gasteiger partial charge in [-0.1, -0.05) is 27.5 Å². The van der Waals surface area contributed by atoms with Gasteiger partial charge in [0, 0.05) is 21.3 Å². The molecule has 2 heterocycles. The van der Waals surface area contributed by atoms with Crippen molar-refractivity contribution >= 4 is 39.3 Å². The zero-order chi connectivity index (χ0) is 13.4. The van der Waals surface area contributed by atoms with Gasteiger partial charge in [0.2, 0.25) is 0 Å². The van der Waals surface area contributed by atoms with E-state index < -0.39 is 0 Å². The third-order valence-electron chi connectivity index (χ3n) is 2.85. The highest BCUT2D eigenvalue weighted by atomic mass is 79.9. The van der Waals surface area contributed by atoms with Crippen LogP contribution in [0.5, 0.6) is 0 Å². The van der Waals surface area contributed by atoms with Crippen molar-refractivity contribution in [2.75, 3.05) is 0 Å². The molecule has 0 unspecified atom stereocenters. The van der Waals surface area contributed by atoms with E-state index in [9.17, 15) is 4.79 Å². The second-order valence-corrected chi connectivity index (χ2v) is 5.40. The number of benzene rings is 1. The Bertz CT molecular complexity index is 765. The Kier molecular flexibility index (Phi) is 3.12. The van der Waals surface area contributed by atoms with Gasteiger partial charge in [0.05, 0.1) is 5.52 Å². The number of hydrogen-bond donors (Lipinski definition) is 0. The van der Waals surface area contributed by atoms with Crippen LogP contribution in [0.2, 0.25) is 5.02 Å². The Morgan fingerprint density at radius 1 is 1.21 bits per heavy atom. The number of fused-ring (bicyclic) bond motifs is 1. The quantitative estimate of drug-likeness (QED) is 0.657. The van der Waals surface area contributed by atoms with Crippen LogP contribution in [0.1, 0.15) is 10.5 Å². The van der Waals surface area contributed by atoms with Crippen molar-refractivity contribution in [1.82, 2.24) is 9.38 Å². The normalized spacial score (nSPS) is 10.8. The fraction of sp³-hybridized carbons (Fsp3) is 0. The summed E-state index contributed by atoms with van der Waals surface area (Å²) in [5.41, 5.74) is 2.11. The van der Waals surface area contributed by atoms with Gasteiger partial charge in [-0.05, 0) is 36.4 Å². The number of carbonyl (C=O) groups excluding carboxylic acids is 1. The van der Waals surface area contributed by atoms with Crippen LogP contribution in [-0.2, 0) is 0 Å². The van der Waals surface area contributed by atoms with E-state index in [1.165, 1.54) is 0 Å². The van der Waals surface area contributed by atoms with Crippen molar-refractivity contribution in [3.63, 3.8) is 0 Å². The number of aldehydes is 1. The van der Waals surface area contributed by atoms with Crippen molar-refractivity contribution in [3.8, 4) is 11.4 Å². The summed E-state index contributed by atoms with van der Waals surface area (Å²) in [4.78, 5) is 15.5. The van der Waals surface area contributed by atoms with Gasteiger partial charge in [-0.25, -0.2) is 4.98 Å². The number of pyridine rings is 1. The summed E-state index contributed by atoms with van der Waals surface area (Å²) in [7, 11) is 0. The van der Waals surface area contributed by atoms with Gasteiger partial charge in [-0.2, -0.15) is 0 Å². The highest BCUT2D eigenvalue weighted by Gasteiger charge is 2.12. The van der Waals surface area contributed by atoms with E-state index in [-0.39, 0.29) is 0 Å². The van der Waals surface area contributed by atoms with Crippen LogP contribution in [0.25, 0.3) is 16.9 Å². The molecule has 0 aliphatic carbocycles. The standard InChI is InChI=1S/C14H8BrClN2O/c15-10-5-6-18-13(7-10)12(8-19)17-14(18)9-1-3-11(16)4-2-9/h1-8H. The molecule has 0 spiro atoms. The zero-order valence-electron chi connectivity index (χ0n) is 9.68. The van der Waals surface area contributed by atoms with E-state index in [0.717, 1.165) is 27.7 Å². The van der Waals surface area contributed by atoms with Gasteiger partial charge in [0.1, 0.15) is 11.5 Å². The molecular formula is C14H8BrClN2O. The lowest BCUT2D eigenvalue weighted by molar-refractivity contribution is 0.112. The summed E-state index contributed by atoms with van der Waals surface area (Å²) >= 11 is 9.28. The van der Waals surface area contributed by atoms with E-state index in [1.54, 1.807) is 12.1 Å². The molecule has 0 atom stereocenters. The second-order valence-electron chi connectivity index (χ2n) is 4.05. The monoisotopic (exact) mass is 334 g/mol. The highest BCUT2D eigenvalue weighted by molar-refractivity contribution is 9.10. The number of imidazole rings is 1. The van der Waals surface area contributed by atoms with Gasteiger partial charge in [-0.3, -0.25) is 9.20 Å². The lowest BCUT2D eigenvalue weighted by atomic mass is 10.2.